The van der Waals surface area contributed by atoms with Gasteiger partial charge >= 0.3 is 0 Å². The highest BCUT2D eigenvalue weighted by Crippen LogP contribution is 2.29. The van der Waals surface area contributed by atoms with E-state index in [1.165, 1.54) is 12.3 Å². The van der Waals surface area contributed by atoms with Gasteiger partial charge in [-0.15, -0.1) is 0 Å². The Morgan fingerprint density at radius 2 is 1.68 bits per heavy atom. The summed E-state index contributed by atoms with van der Waals surface area (Å²) in [5, 5.41) is 4.34. The summed E-state index contributed by atoms with van der Waals surface area (Å²) in [4.78, 5) is 25.0. The summed E-state index contributed by atoms with van der Waals surface area (Å²) in [7, 11) is 0. The predicted molar refractivity (Wildman–Crippen MR) is 134 cm³/mol. The molecule has 0 aliphatic rings. The molecule has 9 heteroatoms. The lowest BCUT2D eigenvalue weighted by Gasteiger charge is -2.10. The number of aryl methyl sites for hydroxylation is 2. The zero-order valence-corrected chi connectivity index (χ0v) is 20.3. The first-order valence-corrected chi connectivity index (χ1v) is 11.2. The van der Waals surface area contributed by atoms with Crippen LogP contribution in [0.25, 0.3) is 11.0 Å². The van der Waals surface area contributed by atoms with Crippen molar-refractivity contribution >= 4 is 57.4 Å². The maximum absolute atomic E-state index is 12.9. The molecule has 0 bridgehead atoms. The topological polar surface area (TPSA) is 77.8 Å². The van der Waals surface area contributed by atoms with Crippen LogP contribution in [0.3, 0.4) is 0 Å². The molecule has 174 valence electrons. The maximum Gasteiger partial charge on any atom is 0.262 e. The van der Waals surface area contributed by atoms with Crippen LogP contribution in [0, 0.1) is 13.8 Å². The van der Waals surface area contributed by atoms with Crippen molar-refractivity contribution in [2.75, 3.05) is 11.9 Å². The quantitative estimate of drug-likeness (QED) is 0.292. The molecular formula is C25H18Cl3NO5. The summed E-state index contributed by atoms with van der Waals surface area (Å²) >= 11 is 18.0. The Hall–Kier alpha value is -3.19. The van der Waals surface area contributed by atoms with E-state index in [0.29, 0.717) is 43.2 Å². The van der Waals surface area contributed by atoms with Gasteiger partial charge in [0.2, 0.25) is 11.2 Å². The van der Waals surface area contributed by atoms with Crippen molar-refractivity contribution in [2.24, 2.45) is 0 Å². The zero-order valence-electron chi connectivity index (χ0n) is 18.1. The molecule has 1 N–H and O–H groups in total. The lowest BCUT2D eigenvalue weighted by atomic mass is 10.1. The first-order chi connectivity index (χ1) is 16.2. The van der Waals surface area contributed by atoms with Gasteiger partial charge in [-0.05, 0) is 67.4 Å². The lowest BCUT2D eigenvalue weighted by Crippen LogP contribution is -2.20. The van der Waals surface area contributed by atoms with Crippen LogP contribution >= 0.6 is 34.8 Å². The van der Waals surface area contributed by atoms with Crippen molar-refractivity contribution < 1.29 is 18.7 Å². The fourth-order valence-electron chi connectivity index (χ4n) is 3.26. The second-order valence-corrected chi connectivity index (χ2v) is 8.72. The number of carbonyl (C=O) groups excluding carboxylic acids is 1. The molecule has 0 saturated carbocycles. The third-order valence-corrected chi connectivity index (χ3v) is 6.26. The number of hydrogen-bond acceptors (Lipinski definition) is 5. The maximum atomic E-state index is 12.9. The molecule has 34 heavy (non-hydrogen) atoms. The van der Waals surface area contributed by atoms with E-state index in [1.54, 1.807) is 42.5 Å². The first-order valence-electron chi connectivity index (χ1n) is 10.1. The third-order valence-electron chi connectivity index (χ3n) is 4.93. The second kappa shape index (κ2) is 9.97. The van der Waals surface area contributed by atoms with Gasteiger partial charge in [0.05, 0.1) is 15.4 Å². The van der Waals surface area contributed by atoms with E-state index in [4.69, 9.17) is 48.7 Å². The van der Waals surface area contributed by atoms with Gasteiger partial charge in [0.15, 0.2) is 6.61 Å². The van der Waals surface area contributed by atoms with Crippen LogP contribution in [0.4, 0.5) is 5.69 Å². The molecule has 4 rings (SSSR count). The largest absolute Gasteiger partial charge is 0.484 e. The zero-order chi connectivity index (χ0) is 24.4. The number of hydrogen-bond donors (Lipinski definition) is 1. The minimum absolute atomic E-state index is 0.0447. The summed E-state index contributed by atoms with van der Waals surface area (Å²) in [5.41, 5.74) is 2.13. The summed E-state index contributed by atoms with van der Waals surface area (Å²) in [5.74, 6) is 0.497. The monoisotopic (exact) mass is 517 g/mol. The van der Waals surface area contributed by atoms with Crippen LogP contribution in [0.5, 0.6) is 17.2 Å². The number of amides is 1. The van der Waals surface area contributed by atoms with Gasteiger partial charge in [0, 0.05) is 16.8 Å². The molecule has 1 aromatic heterocycles. The minimum atomic E-state index is -0.391. The number of carbonyl (C=O) groups is 1. The van der Waals surface area contributed by atoms with E-state index in [-0.39, 0.29) is 17.8 Å². The molecule has 0 saturated heterocycles. The molecular weight excluding hydrogens is 501 g/mol. The molecule has 1 amide bonds. The Kier molecular flexibility index (Phi) is 7.03. The molecule has 0 atom stereocenters. The number of ether oxygens (including phenoxy) is 2. The van der Waals surface area contributed by atoms with Gasteiger partial charge in [-0.2, -0.15) is 0 Å². The number of halogens is 3. The minimum Gasteiger partial charge on any atom is -0.484 e. The summed E-state index contributed by atoms with van der Waals surface area (Å²) in [6, 6.07) is 12.9. The standard InChI is InChI=1S/C25H18Cl3NO5/c1-13-7-17(8-14(2)24(13)28)34-22-11-33-21-10-16(4-5-18(21)25(22)31)32-12-23(30)29-15-3-6-19(26)20(27)9-15/h3-11H,12H2,1-2H3,(H,29,30). The van der Waals surface area contributed by atoms with Crippen LogP contribution < -0.4 is 20.2 Å². The van der Waals surface area contributed by atoms with Gasteiger partial charge in [-0.3, -0.25) is 9.59 Å². The van der Waals surface area contributed by atoms with Gasteiger partial charge in [-0.25, -0.2) is 0 Å². The van der Waals surface area contributed by atoms with Crippen molar-refractivity contribution in [3.8, 4) is 17.2 Å². The number of benzene rings is 3. The number of fused-ring (bicyclic) bond motifs is 1. The predicted octanol–water partition coefficient (Wildman–Crippen LogP) is 7.18. The van der Waals surface area contributed by atoms with E-state index in [0.717, 1.165) is 11.1 Å². The molecule has 6 nitrogen and oxygen atoms in total. The molecule has 0 unspecified atom stereocenters. The molecule has 0 fully saturated rings. The highest BCUT2D eigenvalue weighted by atomic mass is 35.5. The van der Waals surface area contributed by atoms with E-state index in [9.17, 15) is 9.59 Å². The van der Waals surface area contributed by atoms with E-state index in [2.05, 4.69) is 5.32 Å². The SMILES string of the molecule is Cc1cc(Oc2coc3cc(OCC(=O)Nc4ccc(Cl)c(Cl)c4)ccc3c2=O)cc(C)c1Cl. The average Bonchev–Trinajstić information content (AvgIpc) is 2.80. The van der Waals surface area contributed by atoms with E-state index >= 15 is 0 Å². The normalized spacial score (nSPS) is 10.9. The van der Waals surface area contributed by atoms with Crippen molar-refractivity contribution in [3.05, 3.63) is 91.2 Å². The molecule has 4 aromatic rings. The van der Waals surface area contributed by atoms with E-state index in [1.807, 2.05) is 13.8 Å². The van der Waals surface area contributed by atoms with Gasteiger partial charge in [-0.1, -0.05) is 34.8 Å². The van der Waals surface area contributed by atoms with Crippen molar-refractivity contribution in [1.82, 2.24) is 0 Å². The molecule has 0 aliphatic heterocycles. The summed E-state index contributed by atoms with van der Waals surface area (Å²) in [6.07, 6.45) is 1.24. The highest BCUT2D eigenvalue weighted by molar-refractivity contribution is 6.42. The van der Waals surface area contributed by atoms with Crippen molar-refractivity contribution in [1.29, 1.82) is 0 Å². The Labute approximate surface area is 210 Å². The highest BCUT2D eigenvalue weighted by Gasteiger charge is 2.13. The Bertz CT molecular complexity index is 1440. The van der Waals surface area contributed by atoms with Gasteiger partial charge in [0.1, 0.15) is 23.3 Å². The Balaban J connectivity index is 1.46. The van der Waals surface area contributed by atoms with Crippen LogP contribution in [-0.2, 0) is 4.79 Å². The van der Waals surface area contributed by atoms with Crippen molar-refractivity contribution in [2.45, 2.75) is 13.8 Å². The van der Waals surface area contributed by atoms with Crippen LogP contribution in [0.2, 0.25) is 15.1 Å². The third kappa shape index (κ3) is 5.30. The van der Waals surface area contributed by atoms with E-state index < -0.39 is 5.91 Å². The van der Waals surface area contributed by atoms with Gasteiger partial charge < -0.3 is 19.2 Å². The molecule has 1 heterocycles. The van der Waals surface area contributed by atoms with Crippen LogP contribution in [-0.4, -0.2) is 12.5 Å². The molecule has 0 aliphatic carbocycles. The fraction of sp³-hybridized carbons (Fsp3) is 0.120. The molecule has 3 aromatic carbocycles. The summed E-state index contributed by atoms with van der Waals surface area (Å²) < 4.78 is 16.9. The Morgan fingerprint density at radius 1 is 0.941 bits per heavy atom. The second-order valence-electron chi connectivity index (χ2n) is 7.53. The molecule has 0 spiro atoms. The smallest absolute Gasteiger partial charge is 0.262 e. The van der Waals surface area contributed by atoms with Crippen molar-refractivity contribution in [3.63, 3.8) is 0 Å². The fourth-order valence-corrected chi connectivity index (χ4v) is 3.67. The van der Waals surface area contributed by atoms with Gasteiger partial charge in [0.25, 0.3) is 5.91 Å². The number of rotatable bonds is 6. The number of nitrogens with one attached hydrogen (secondary N) is 1. The average molecular weight is 519 g/mol. The summed E-state index contributed by atoms with van der Waals surface area (Å²) in [6.45, 7) is 3.46. The lowest BCUT2D eigenvalue weighted by molar-refractivity contribution is -0.118. The number of anilines is 1. The van der Waals surface area contributed by atoms with Crippen LogP contribution in [0.1, 0.15) is 11.1 Å². The first kappa shape index (κ1) is 24.0. The molecule has 0 radical (unpaired) electrons. The Morgan fingerprint density at radius 3 is 2.38 bits per heavy atom. The van der Waals surface area contributed by atoms with Crippen LogP contribution in [0.15, 0.2) is 64.0 Å².